The highest BCUT2D eigenvalue weighted by molar-refractivity contribution is 6.16. The van der Waals surface area contributed by atoms with Gasteiger partial charge in [-0.3, -0.25) is 0 Å². The fourth-order valence-corrected chi connectivity index (χ4v) is 9.76. The first-order valence-electron chi connectivity index (χ1n) is 22.7. The second-order valence-corrected chi connectivity index (χ2v) is 17.0. The standard InChI is InChI=1S/C64H44N2/c1-4-17-45(18-5-1)54-41-55(46-19-6-2-7-20-46)44-59(43-54)65(57-37-35-48(36-38-57)52-34-33-47-21-10-11-22-49(47)39-52)58-28-15-24-51(42-58)50-23-14-25-53(40-50)60-30-16-32-63-64(60)61-29-12-13-31-62(61)66(63)56-26-8-3-9-27-56/h1-44H. The largest absolute Gasteiger partial charge is 0.310 e. The topological polar surface area (TPSA) is 8.17 Å². The number of fused-ring (bicyclic) bond motifs is 4. The van der Waals surface area contributed by atoms with Crippen LogP contribution in [0.1, 0.15) is 0 Å². The highest BCUT2D eigenvalue weighted by Crippen LogP contribution is 2.43. The number of para-hydroxylation sites is 2. The molecule has 1 aromatic heterocycles. The fourth-order valence-electron chi connectivity index (χ4n) is 9.76. The van der Waals surface area contributed by atoms with E-state index in [-0.39, 0.29) is 0 Å². The first-order valence-corrected chi connectivity index (χ1v) is 22.7. The molecule has 0 amide bonds. The Bertz CT molecular complexity index is 3620. The summed E-state index contributed by atoms with van der Waals surface area (Å²) in [5.41, 5.74) is 18.6. The Balaban J connectivity index is 0.998. The lowest BCUT2D eigenvalue weighted by Crippen LogP contribution is -2.10. The van der Waals surface area contributed by atoms with Gasteiger partial charge in [0.1, 0.15) is 0 Å². The molecule has 0 saturated carbocycles. The van der Waals surface area contributed by atoms with Crippen molar-refractivity contribution in [3.8, 4) is 61.3 Å². The third-order valence-electron chi connectivity index (χ3n) is 12.9. The van der Waals surface area contributed by atoms with Gasteiger partial charge in [-0.1, -0.05) is 188 Å². The third kappa shape index (κ3) is 7.21. The SMILES string of the molecule is c1ccc(-c2cc(-c3ccccc3)cc(N(c3ccc(-c4ccc5ccccc5c4)cc3)c3cccc(-c4cccc(-c5cccc6c5c5ccccc5n6-c5ccccc5)c4)c3)c2)cc1. The molecule has 0 N–H and O–H groups in total. The normalized spacial score (nSPS) is 11.3. The van der Waals surface area contributed by atoms with E-state index in [1.807, 2.05) is 0 Å². The van der Waals surface area contributed by atoms with E-state index in [0.29, 0.717) is 0 Å². The Hall–Kier alpha value is -8.72. The van der Waals surface area contributed by atoms with Gasteiger partial charge in [0.05, 0.1) is 11.0 Å². The molecule has 0 fully saturated rings. The minimum absolute atomic E-state index is 1.08. The Labute approximate surface area is 385 Å². The molecule has 0 bridgehead atoms. The zero-order valence-corrected chi connectivity index (χ0v) is 36.3. The molecule has 0 radical (unpaired) electrons. The molecule has 0 unspecified atom stereocenters. The number of hydrogen-bond acceptors (Lipinski definition) is 1. The summed E-state index contributed by atoms with van der Waals surface area (Å²) in [6, 6.07) is 97.0. The number of anilines is 3. The van der Waals surface area contributed by atoms with Crippen LogP contribution >= 0.6 is 0 Å². The molecule has 310 valence electrons. The van der Waals surface area contributed by atoms with Crippen molar-refractivity contribution in [1.82, 2.24) is 4.57 Å². The summed E-state index contributed by atoms with van der Waals surface area (Å²) >= 11 is 0. The Morgan fingerprint density at radius 2 is 0.758 bits per heavy atom. The van der Waals surface area contributed by atoms with Crippen molar-refractivity contribution in [3.05, 3.63) is 267 Å². The summed E-state index contributed by atoms with van der Waals surface area (Å²) in [5.74, 6) is 0. The highest BCUT2D eigenvalue weighted by Gasteiger charge is 2.19. The van der Waals surface area contributed by atoms with Crippen molar-refractivity contribution in [3.63, 3.8) is 0 Å². The minimum Gasteiger partial charge on any atom is -0.310 e. The molecule has 0 spiro atoms. The summed E-state index contributed by atoms with van der Waals surface area (Å²) in [6.07, 6.45) is 0. The van der Waals surface area contributed by atoms with Crippen LogP contribution in [-0.4, -0.2) is 4.57 Å². The molecule has 11 aromatic carbocycles. The first-order chi connectivity index (χ1) is 32.7. The van der Waals surface area contributed by atoms with Gasteiger partial charge in [0, 0.05) is 33.5 Å². The summed E-state index contributed by atoms with van der Waals surface area (Å²) in [6.45, 7) is 0. The molecule has 0 aliphatic rings. The van der Waals surface area contributed by atoms with Crippen molar-refractivity contribution in [2.75, 3.05) is 4.90 Å². The van der Waals surface area contributed by atoms with Gasteiger partial charge in [-0.2, -0.15) is 0 Å². The van der Waals surface area contributed by atoms with Crippen molar-refractivity contribution in [1.29, 1.82) is 0 Å². The predicted molar refractivity (Wildman–Crippen MR) is 280 cm³/mol. The molecule has 0 aliphatic carbocycles. The van der Waals surface area contributed by atoms with E-state index < -0.39 is 0 Å². The smallest absolute Gasteiger partial charge is 0.0547 e. The monoisotopic (exact) mass is 840 g/mol. The van der Waals surface area contributed by atoms with E-state index in [2.05, 4.69) is 276 Å². The van der Waals surface area contributed by atoms with E-state index >= 15 is 0 Å². The van der Waals surface area contributed by atoms with Crippen LogP contribution in [0.25, 0.3) is 93.9 Å². The van der Waals surface area contributed by atoms with E-state index in [1.54, 1.807) is 0 Å². The second kappa shape index (κ2) is 16.8. The summed E-state index contributed by atoms with van der Waals surface area (Å²) in [5, 5.41) is 4.99. The molecule has 1 heterocycles. The van der Waals surface area contributed by atoms with E-state index in [4.69, 9.17) is 0 Å². The first kappa shape index (κ1) is 38.9. The van der Waals surface area contributed by atoms with E-state index in [9.17, 15) is 0 Å². The molecule has 2 nitrogen and oxygen atoms in total. The van der Waals surface area contributed by atoms with Crippen LogP contribution in [-0.2, 0) is 0 Å². The third-order valence-corrected chi connectivity index (χ3v) is 12.9. The molecular weight excluding hydrogens is 797 g/mol. The van der Waals surface area contributed by atoms with Gasteiger partial charge >= 0.3 is 0 Å². The molecule has 12 aromatic rings. The van der Waals surface area contributed by atoms with Crippen LogP contribution < -0.4 is 4.90 Å². The summed E-state index contributed by atoms with van der Waals surface area (Å²) in [7, 11) is 0. The van der Waals surface area contributed by atoms with Crippen molar-refractivity contribution in [2.45, 2.75) is 0 Å². The second-order valence-electron chi connectivity index (χ2n) is 17.0. The molecule has 66 heavy (non-hydrogen) atoms. The lowest BCUT2D eigenvalue weighted by atomic mass is 9.95. The summed E-state index contributed by atoms with van der Waals surface area (Å²) < 4.78 is 2.39. The summed E-state index contributed by atoms with van der Waals surface area (Å²) in [4.78, 5) is 2.41. The maximum atomic E-state index is 2.41. The van der Waals surface area contributed by atoms with Gasteiger partial charge in [0.25, 0.3) is 0 Å². The molecule has 12 rings (SSSR count). The number of rotatable bonds is 9. The van der Waals surface area contributed by atoms with Crippen LogP contribution in [0.3, 0.4) is 0 Å². The van der Waals surface area contributed by atoms with Gasteiger partial charge < -0.3 is 9.47 Å². The molecule has 0 atom stereocenters. The van der Waals surface area contributed by atoms with Gasteiger partial charge in [0.15, 0.2) is 0 Å². The number of hydrogen-bond donors (Lipinski definition) is 0. The molecule has 0 aliphatic heterocycles. The van der Waals surface area contributed by atoms with E-state index in [1.165, 1.54) is 66.0 Å². The number of benzene rings is 11. The van der Waals surface area contributed by atoms with Crippen LogP contribution in [0.5, 0.6) is 0 Å². The number of nitrogens with zero attached hydrogens (tertiary/aromatic N) is 2. The molecule has 2 heteroatoms. The van der Waals surface area contributed by atoms with Gasteiger partial charge in [0.2, 0.25) is 0 Å². The van der Waals surface area contributed by atoms with Crippen LogP contribution in [0.4, 0.5) is 17.1 Å². The molecular formula is C64H44N2. The van der Waals surface area contributed by atoms with Gasteiger partial charge in [-0.05, 0) is 145 Å². The van der Waals surface area contributed by atoms with Crippen LogP contribution in [0.15, 0.2) is 267 Å². The van der Waals surface area contributed by atoms with Gasteiger partial charge in [-0.15, -0.1) is 0 Å². The predicted octanol–water partition coefficient (Wildman–Crippen LogP) is 17.7. The zero-order chi connectivity index (χ0) is 43.8. The van der Waals surface area contributed by atoms with Crippen molar-refractivity contribution in [2.24, 2.45) is 0 Å². The van der Waals surface area contributed by atoms with Crippen LogP contribution in [0, 0.1) is 0 Å². The lowest BCUT2D eigenvalue weighted by Gasteiger charge is -2.27. The van der Waals surface area contributed by atoms with Crippen molar-refractivity contribution >= 4 is 49.6 Å². The average Bonchev–Trinajstić information content (AvgIpc) is 3.74. The maximum Gasteiger partial charge on any atom is 0.0547 e. The quantitative estimate of drug-likeness (QED) is 0.141. The maximum absolute atomic E-state index is 2.41. The molecule has 0 saturated heterocycles. The Morgan fingerprint density at radius 1 is 0.258 bits per heavy atom. The Morgan fingerprint density at radius 3 is 1.50 bits per heavy atom. The van der Waals surface area contributed by atoms with Crippen LogP contribution in [0.2, 0.25) is 0 Å². The van der Waals surface area contributed by atoms with E-state index in [0.717, 1.165) is 45.0 Å². The zero-order valence-electron chi connectivity index (χ0n) is 36.3. The Kier molecular flexibility index (Phi) is 9.89. The fraction of sp³-hybridized carbons (Fsp3) is 0. The highest BCUT2D eigenvalue weighted by atomic mass is 15.1. The average molecular weight is 841 g/mol. The van der Waals surface area contributed by atoms with Gasteiger partial charge in [-0.25, -0.2) is 0 Å². The minimum atomic E-state index is 1.08. The lowest BCUT2D eigenvalue weighted by molar-refractivity contribution is 1.18. The number of aromatic nitrogens is 1. The van der Waals surface area contributed by atoms with Crippen molar-refractivity contribution < 1.29 is 0 Å².